The molecule has 0 saturated carbocycles. The molecule has 2 aromatic heterocycles. The summed E-state index contributed by atoms with van der Waals surface area (Å²) >= 11 is 1.86. The van der Waals surface area contributed by atoms with E-state index in [0.29, 0.717) is 0 Å². The number of hydrogen-bond donors (Lipinski definition) is 0. The second kappa shape index (κ2) is 11.9. The zero-order valence-electron chi connectivity index (χ0n) is 28.8. The van der Waals surface area contributed by atoms with E-state index in [1.807, 2.05) is 11.3 Å². The molecule has 11 rings (SSSR count). The molecule has 0 saturated heterocycles. The first-order chi connectivity index (χ1) is 26.3. The molecule has 0 aliphatic rings. The zero-order chi connectivity index (χ0) is 34.9. The number of nitrogens with zero attached hydrogens (tertiary/aromatic N) is 2. The summed E-state index contributed by atoms with van der Waals surface area (Å²) in [4.78, 5) is 2.44. The molecule has 0 fully saturated rings. The highest BCUT2D eigenvalue weighted by Gasteiger charge is 2.19. The van der Waals surface area contributed by atoms with Crippen molar-refractivity contribution in [3.8, 4) is 16.8 Å². The predicted octanol–water partition coefficient (Wildman–Crippen LogP) is 14.6. The van der Waals surface area contributed by atoms with Gasteiger partial charge in [-0.05, 0) is 87.9 Å². The lowest BCUT2D eigenvalue weighted by molar-refractivity contribution is 1.18. The van der Waals surface area contributed by atoms with Crippen molar-refractivity contribution in [1.29, 1.82) is 0 Å². The summed E-state index contributed by atoms with van der Waals surface area (Å²) in [6.07, 6.45) is 0. The molecule has 0 radical (unpaired) electrons. The van der Waals surface area contributed by atoms with Gasteiger partial charge in [0.1, 0.15) is 0 Å². The van der Waals surface area contributed by atoms with E-state index in [2.05, 4.69) is 204 Å². The molecule has 9 aromatic carbocycles. The smallest absolute Gasteiger partial charge is 0.0547 e. The van der Waals surface area contributed by atoms with E-state index in [-0.39, 0.29) is 0 Å². The molecule has 0 atom stereocenters. The van der Waals surface area contributed by atoms with Crippen molar-refractivity contribution in [2.24, 2.45) is 0 Å². The van der Waals surface area contributed by atoms with Crippen molar-refractivity contribution < 1.29 is 0 Å². The second-order valence-corrected chi connectivity index (χ2v) is 14.8. The van der Waals surface area contributed by atoms with E-state index in [4.69, 9.17) is 0 Å². The van der Waals surface area contributed by atoms with Crippen LogP contribution in [0.25, 0.3) is 80.3 Å². The highest BCUT2D eigenvalue weighted by atomic mass is 32.1. The van der Waals surface area contributed by atoms with Crippen LogP contribution in [0, 0.1) is 0 Å². The van der Waals surface area contributed by atoms with Gasteiger partial charge in [-0.1, -0.05) is 133 Å². The molecule has 0 aliphatic heterocycles. The molecule has 0 unspecified atom stereocenters. The number of thiophene rings is 1. The SMILES string of the molecule is c1ccc(-n2c3ccccc3c3ccc(-c4ccc(N(c5ccc6c(c5)sc5ccccc56)c5cc6ccccc6c6ccccc56)cc4)cc32)cc1. The maximum Gasteiger partial charge on any atom is 0.0547 e. The molecule has 0 amide bonds. The number of rotatable bonds is 5. The Morgan fingerprint density at radius 3 is 1.81 bits per heavy atom. The first-order valence-corrected chi connectivity index (χ1v) is 18.9. The molecule has 2 heterocycles. The van der Waals surface area contributed by atoms with Crippen LogP contribution >= 0.6 is 11.3 Å². The van der Waals surface area contributed by atoms with Gasteiger partial charge in [0.15, 0.2) is 0 Å². The first kappa shape index (κ1) is 30.0. The van der Waals surface area contributed by atoms with Gasteiger partial charge in [-0.15, -0.1) is 11.3 Å². The molecule has 0 spiro atoms. The van der Waals surface area contributed by atoms with Crippen LogP contribution in [0.3, 0.4) is 0 Å². The Morgan fingerprint density at radius 2 is 0.962 bits per heavy atom. The molecule has 11 aromatic rings. The van der Waals surface area contributed by atoms with Gasteiger partial charge in [0, 0.05) is 53.4 Å². The minimum Gasteiger partial charge on any atom is -0.310 e. The molecule has 3 heteroatoms. The Hall–Kier alpha value is -6.68. The summed E-state index contributed by atoms with van der Waals surface area (Å²) in [7, 11) is 0. The van der Waals surface area contributed by atoms with Gasteiger partial charge >= 0.3 is 0 Å². The van der Waals surface area contributed by atoms with Gasteiger partial charge in [0.05, 0.1) is 16.7 Å². The quantitative estimate of drug-likeness (QED) is 0.163. The van der Waals surface area contributed by atoms with Crippen LogP contribution in [0.15, 0.2) is 194 Å². The van der Waals surface area contributed by atoms with Gasteiger partial charge in [0.25, 0.3) is 0 Å². The monoisotopic (exact) mass is 692 g/mol. The summed E-state index contributed by atoms with van der Waals surface area (Å²) < 4.78 is 4.99. The molecule has 2 nitrogen and oxygen atoms in total. The van der Waals surface area contributed by atoms with E-state index < -0.39 is 0 Å². The van der Waals surface area contributed by atoms with Crippen molar-refractivity contribution in [1.82, 2.24) is 4.57 Å². The van der Waals surface area contributed by atoms with Crippen LogP contribution < -0.4 is 4.90 Å². The Bertz CT molecular complexity index is 3170. The number of fused-ring (bicyclic) bond motifs is 9. The highest BCUT2D eigenvalue weighted by molar-refractivity contribution is 7.25. The third-order valence-electron chi connectivity index (χ3n) is 10.8. The van der Waals surface area contributed by atoms with Crippen LogP contribution in [0.4, 0.5) is 17.1 Å². The van der Waals surface area contributed by atoms with Crippen LogP contribution in [0.2, 0.25) is 0 Å². The average molecular weight is 693 g/mol. The lowest BCUT2D eigenvalue weighted by Crippen LogP contribution is -2.10. The minimum atomic E-state index is 1.12. The summed E-state index contributed by atoms with van der Waals surface area (Å²) in [5, 5.41) is 10.1. The molecular weight excluding hydrogens is 661 g/mol. The average Bonchev–Trinajstić information content (AvgIpc) is 3.76. The van der Waals surface area contributed by atoms with Crippen LogP contribution in [0.1, 0.15) is 0 Å². The maximum absolute atomic E-state index is 2.44. The highest BCUT2D eigenvalue weighted by Crippen LogP contribution is 2.45. The molecule has 53 heavy (non-hydrogen) atoms. The Labute approximate surface area is 311 Å². The number of para-hydroxylation sites is 2. The van der Waals surface area contributed by atoms with E-state index in [1.165, 1.54) is 86.0 Å². The van der Waals surface area contributed by atoms with Crippen molar-refractivity contribution in [2.45, 2.75) is 0 Å². The van der Waals surface area contributed by atoms with E-state index >= 15 is 0 Å². The summed E-state index contributed by atoms with van der Waals surface area (Å²) in [5.41, 5.74) is 9.40. The molecule has 248 valence electrons. The standard InChI is InChI=1S/C50H32N2S/c1-2-13-36(14-3-1)52-46-20-10-8-18-42(46)43-28-24-34(30-48(43)52)33-22-25-37(26-23-33)51(38-27-29-45-44-19-9-11-21-49(44)53-50(45)32-38)47-31-35-12-4-5-15-39(35)40-16-6-7-17-41(40)47/h1-32H. The summed E-state index contributed by atoms with van der Waals surface area (Å²) in [6, 6.07) is 71.0. The van der Waals surface area contributed by atoms with Gasteiger partial charge in [0.2, 0.25) is 0 Å². The van der Waals surface area contributed by atoms with Crippen LogP contribution in [-0.4, -0.2) is 4.57 Å². The van der Waals surface area contributed by atoms with Crippen LogP contribution in [0.5, 0.6) is 0 Å². The minimum absolute atomic E-state index is 1.12. The van der Waals surface area contributed by atoms with Gasteiger partial charge < -0.3 is 9.47 Å². The van der Waals surface area contributed by atoms with E-state index in [9.17, 15) is 0 Å². The van der Waals surface area contributed by atoms with Crippen molar-refractivity contribution in [3.05, 3.63) is 194 Å². The van der Waals surface area contributed by atoms with E-state index in [1.54, 1.807) is 0 Å². The Kier molecular flexibility index (Phi) is 6.76. The van der Waals surface area contributed by atoms with Crippen molar-refractivity contribution in [2.75, 3.05) is 4.90 Å². The number of aromatic nitrogens is 1. The van der Waals surface area contributed by atoms with Gasteiger partial charge in [-0.25, -0.2) is 0 Å². The fourth-order valence-corrected chi connectivity index (χ4v) is 9.45. The third kappa shape index (κ3) is 4.78. The summed E-state index contributed by atoms with van der Waals surface area (Å²) in [6.45, 7) is 0. The Morgan fingerprint density at radius 1 is 0.358 bits per heavy atom. The van der Waals surface area contributed by atoms with Crippen molar-refractivity contribution in [3.63, 3.8) is 0 Å². The lowest BCUT2D eigenvalue weighted by Gasteiger charge is -2.28. The molecule has 0 aliphatic carbocycles. The van der Waals surface area contributed by atoms with Gasteiger partial charge in [-0.2, -0.15) is 0 Å². The first-order valence-electron chi connectivity index (χ1n) is 18.1. The van der Waals surface area contributed by atoms with E-state index in [0.717, 1.165) is 11.4 Å². The predicted molar refractivity (Wildman–Crippen MR) is 229 cm³/mol. The summed E-state index contributed by atoms with van der Waals surface area (Å²) in [5.74, 6) is 0. The molecular formula is C50H32N2S. The Balaban J connectivity index is 1.09. The fraction of sp³-hybridized carbons (Fsp3) is 0. The van der Waals surface area contributed by atoms with Crippen molar-refractivity contribution >= 4 is 91.9 Å². The number of benzene rings is 9. The molecule has 0 bridgehead atoms. The van der Waals surface area contributed by atoms with Gasteiger partial charge in [-0.3, -0.25) is 0 Å². The normalized spacial score (nSPS) is 11.8. The largest absolute Gasteiger partial charge is 0.310 e. The zero-order valence-corrected chi connectivity index (χ0v) is 29.6. The topological polar surface area (TPSA) is 8.17 Å². The maximum atomic E-state index is 2.44. The number of hydrogen-bond acceptors (Lipinski definition) is 2. The molecule has 0 N–H and O–H groups in total. The lowest BCUT2D eigenvalue weighted by atomic mass is 9.98. The number of anilines is 3. The third-order valence-corrected chi connectivity index (χ3v) is 11.9. The fourth-order valence-electron chi connectivity index (χ4n) is 8.31. The van der Waals surface area contributed by atoms with Crippen LogP contribution in [-0.2, 0) is 0 Å². The second-order valence-electron chi connectivity index (χ2n) is 13.7.